The molecule has 0 aliphatic heterocycles. The van der Waals surface area contributed by atoms with E-state index in [4.69, 9.17) is 4.74 Å². The lowest BCUT2D eigenvalue weighted by atomic mass is 10.2. The van der Waals surface area contributed by atoms with E-state index in [2.05, 4.69) is 15.9 Å². The number of hydrogen-bond acceptors (Lipinski definition) is 2. The van der Waals surface area contributed by atoms with Crippen LogP contribution < -0.4 is 4.74 Å². The summed E-state index contributed by atoms with van der Waals surface area (Å²) in [5.74, 6) is 0.143. The van der Waals surface area contributed by atoms with E-state index in [9.17, 15) is 9.50 Å². The summed E-state index contributed by atoms with van der Waals surface area (Å²) < 4.78 is 18.1. The molecule has 0 aromatic heterocycles. The summed E-state index contributed by atoms with van der Waals surface area (Å²) in [5.41, 5.74) is 0.855. The molecule has 0 spiro atoms. The van der Waals surface area contributed by atoms with E-state index in [1.165, 1.54) is 12.1 Å². The summed E-state index contributed by atoms with van der Waals surface area (Å²) in [4.78, 5) is 0. The number of halogens is 2. The zero-order chi connectivity index (χ0) is 10.6. The standard InChI is InChI=1S/C10H12BrFO2/c1-7-2-3-8(12)4-10(7)14-6-9(13)5-11/h2-4,9,13H,5-6H2,1H3. The van der Waals surface area contributed by atoms with Crippen LogP contribution in [0.1, 0.15) is 5.56 Å². The second-order valence-corrected chi connectivity index (χ2v) is 3.68. The fourth-order valence-electron chi connectivity index (χ4n) is 0.960. The molecule has 1 atom stereocenters. The van der Waals surface area contributed by atoms with Crippen molar-refractivity contribution in [2.75, 3.05) is 11.9 Å². The first-order chi connectivity index (χ1) is 6.63. The van der Waals surface area contributed by atoms with Crippen LogP contribution >= 0.6 is 15.9 Å². The number of aliphatic hydroxyl groups excluding tert-OH is 1. The normalized spacial score (nSPS) is 12.6. The maximum Gasteiger partial charge on any atom is 0.126 e. The van der Waals surface area contributed by atoms with Gasteiger partial charge in [-0.2, -0.15) is 0 Å². The first kappa shape index (κ1) is 11.5. The van der Waals surface area contributed by atoms with Gasteiger partial charge in [0.15, 0.2) is 0 Å². The lowest BCUT2D eigenvalue weighted by Crippen LogP contribution is -2.18. The number of hydrogen-bond donors (Lipinski definition) is 1. The molecule has 0 heterocycles. The largest absolute Gasteiger partial charge is 0.490 e. The average Bonchev–Trinajstić information content (AvgIpc) is 2.19. The Morgan fingerprint density at radius 2 is 2.29 bits per heavy atom. The Kier molecular flexibility index (Phi) is 4.35. The summed E-state index contributed by atoms with van der Waals surface area (Å²) in [6.07, 6.45) is -0.572. The van der Waals surface area contributed by atoms with Gasteiger partial charge in [-0.25, -0.2) is 4.39 Å². The molecule has 1 unspecified atom stereocenters. The minimum atomic E-state index is -0.572. The number of rotatable bonds is 4. The molecule has 1 rings (SSSR count). The van der Waals surface area contributed by atoms with Crippen LogP contribution in [0.3, 0.4) is 0 Å². The van der Waals surface area contributed by atoms with Crippen LogP contribution in [0.4, 0.5) is 4.39 Å². The molecule has 4 heteroatoms. The zero-order valence-electron chi connectivity index (χ0n) is 7.84. The van der Waals surface area contributed by atoms with Crippen LogP contribution in [-0.2, 0) is 0 Å². The Morgan fingerprint density at radius 3 is 2.93 bits per heavy atom. The van der Waals surface area contributed by atoms with Crippen molar-refractivity contribution in [1.82, 2.24) is 0 Å². The van der Waals surface area contributed by atoms with Crippen LogP contribution in [0, 0.1) is 12.7 Å². The number of ether oxygens (including phenoxy) is 1. The number of aliphatic hydroxyl groups is 1. The quantitative estimate of drug-likeness (QED) is 0.844. The molecule has 0 bridgehead atoms. The molecule has 1 aromatic rings. The van der Waals surface area contributed by atoms with Gasteiger partial charge in [-0.1, -0.05) is 22.0 Å². The van der Waals surface area contributed by atoms with Gasteiger partial charge in [-0.15, -0.1) is 0 Å². The molecule has 0 aliphatic carbocycles. The van der Waals surface area contributed by atoms with Gasteiger partial charge in [0.2, 0.25) is 0 Å². The van der Waals surface area contributed by atoms with E-state index in [1.54, 1.807) is 6.07 Å². The fraction of sp³-hybridized carbons (Fsp3) is 0.400. The lowest BCUT2D eigenvalue weighted by molar-refractivity contribution is 0.126. The fourth-order valence-corrected chi connectivity index (χ4v) is 1.15. The molecule has 1 N–H and O–H groups in total. The lowest BCUT2D eigenvalue weighted by Gasteiger charge is -2.11. The van der Waals surface area contributed by atoms with Gasteiger partial charge in [-0.05, 0) is 18.6 Å². The van der Waals surface area contributed by atoms with Crippen molar-refractivity contribution in [1.29, 1.82) is 0 Å². The molecule has 78 valence electrons. The second-order valence-electron chi connectivity index (χ2n) is 3.03. The van der Waals surface area contributed by atoms with Crippen molar-refractivity contribution in [3.05, 3.63) is 29.6 Å². The summed E-state index contributed by atoms with van der Waals surface area (Å²) in [5, 5.41) is 9.66. The van der Waals surface area contributed by atoms with Gasteiger partial charge >= 0.3 is 0 Å². The second kappa shape index (κ2) is 5.32. The van der Waals surface area contributed by atoms with Crippen molar-refractivity contribution in [2.45, 2.75) is 13.0 Å². The van der Waals surface area contributed by atoms with Gasteiger partial charge in [0.25, 0.3) is 0 Å². The van der Waals surface area contributed by atoms with E-state index in [0.29, 0.717) is 11.1 Å². The highest BCUT2D eigenvalue weighted by atomic mass is 79.9. The highest BCUT2D eigenvalue weighted by molar-refractivity contribution is 9.09. The first-order valence-corrected chi connectivity index (χ1v) is 5.38. The van der Waals surface area contributed by atoms with E-state index in [0.717, 1.165) is 5.56 Å². The van der Waals surface area contributed by atoms with E-state index in [-0.39, 0.29) is 12.4 Å². The third kappa shape index (κ3) is 3.27. The van der Waals surface area contributed by atoms with Crippen molar-refractivity contribution in [2.24, 2.45) is 0 Å². The molecule has 0 amide bonds. The summed E-state index contributed by atoms with van der Waals surface area (Å²) in [7, 11) is 0. The van der Waals surface area contributed by atoms with Crippen molar-refractivity contribution < 1.29 is 14.2 Å². The molecule has 0 saturated heterocycles. The molecule has 14 heavy (non-hydrogen) atoms. The van der Waals surface area contributed by atoms with E-state index >= 15 is 0 Å². The molecular formula is C10H12BrFO2. The van der Waals surface area contributed by atoms with Gasteiger partial charge in [0.05, 0.1) is 6.10 Å². The highest BCUT2D eigenvalue weighted by Gasteiger charge is 2.05. The first-order valence-electron chi connectivity index (χ1n) is 4.26. The Hall–Kier alpha value is -0.610. The van der Waals surface area contributed by atoms with Crippen molar-refractivity contribution in [3.8, 4) is 5.75 Å². The van der Waals surface area contributed by atoms with E-state index in [1.807, 2.05) is 6.92 Å². The molecule has 0 fully saturated rings. The Morgan fingerprint density at radius 1 is 1.57 bits per heavy atom. The third-order valence-corrected chi connectivity index (χ3v) is 2.51. The van der Waals surface area contributed by atoms with Crippen LogP contribution in [0.2, 0.25) is 0 Å². The summed E-state index contributed by atoms with van der Waals surface area (Å²) >= 11 is 3.12. The molecule has 0 radical (unpaired) electrons. The van der Waals surface area contributed by atoms with Gasteiger partial charge < -0.3 is 9.84 Å². The summed E-state index contributed by atoms with van der Waals surface area (Å²) in [6, 6.07) is 4.34. The maximum atomic E-state index is 12.8. The predicted molar refractivity (Wildman–Crippen MR) is 56.4 cm³/mol. The zero-order valence-corrected chi connectivity index (χ0v) is 9.42. The smallest absolute Gasteiger partial charge is 0.126 e. The monoisotopic (exact) mass is 262 g/mol. The molecule has 2 nitrogen and oxygen atoms in total. The predicted octanol–water partition coefficient (Wildman–Crippen LogP) is 2.27. The average molecular weight is 263 g/mol. The topological polar surface area (TPSA) is 29.5 Å². The van der Waals surface area contributed by atoms with Crippen molar-refractivity contribution in [3.63, 3.8) is 0 Å². The molecular weight excluding hydrogens is 251 g/mol. The maximum absolute atomic E-state index is 12.8. The van der Waals surface area contributed by atoms with Crippen LogP contribution in [0.15, 0.2) is 18.2 Å². The third-order valence-electron chi connectivity index (χ3n) is 1.76. The number of benzene rings is 1. The van der Waals surface area contributed by atoms with E-state index < -0.39 is 6.10 Å². The number of aryl methyl sites for hydroxylation is 1. The minimum absolute atomic E-state index is 0.162. The highest BCUT2D eigenvalue weighted by Crippen LogP contribution is 2.18. The number of alkyl halides is 1. The molecule has 0 aliphatic rings. The SMILES string of the molecule is Cc1ccc(F)cc1OCC(O)CBr. The molecule has 1 aromatic carbocycles. The van der Waals surface area contributed by atoms with Crippen LogP contribution in [0.5, 0.6) is 5.75 Å². The van der Waals surface area contributed by atoms with Gasteiger partial charge in [0, 0.05) is 11.4 Å². The molecule has 0 saturated carbocycles. The Balaban J connectivity index is 2.62. The van der Waals surface area contributed by atoms with Gasteiger partial charge in [0.1, 0.15) is 18.2 Å². The van der Waals surface area contributed by atoms with Crippen molar-refractivity contribution >= 4 is 15.9 Å². The van der Waals surface area contributed by atoms with Gasteiger partial charge in [-0.3, -0.25) is 0 Å². The van der Waals surface area contributed by atoms with Crippen LogP contribution in [-0.4, -0.2) is 23.1 Å². The minimum Gasteiger partial charge on any atom is -0.490 e. The Bertz CT molecular complexity index is 304. The van der Waals surface area contributed by atoms with Crippen LogP contribution in [0.25, 0.3) is 0 Å². The Labute approximate surface area is 90.8 Å². The summed E-state index contributed by atoms with van der Waals surface area (Å²) in [6.45, 7) is 1.99.